The van der Waals surface area contributed by atoms with E-state index in [0.29, 0.717) is 21.2 Å². The quantitative estimate of drug-likeness (QED) is 0.609. The molecule has 2 atom stereocenters. The van der Waals surface area contributed by atoms with Crippen LogP contribution in [0.2, 0.25) is 15.1 Å². The minimum absolute atomic E-state index is 0.0242. The number of hydrogen-bond donors (Lipinski definition) is 2. The first-order valence-corrected chi connectivity index (χ1v) is 9.50. The summed E-state index contributed by atoms with van der Waals surface area (Å²) < 4.78 is 1.47. The summed E-state index contributed by atoms with van der Waals surface area (Å²) in [5.74, 6) is -0.355. The van der Waals surface area contributed by atoms with Crippen LogP contribution >= 0.6 is 34.8 Å². The smallest absolute Gasteiger partial charge is 0.251 e. The Balaban J connectivity index is 1.93. The fourth-order valence-corrected chi connectivity index (χ4v) is 3.56. The van der Waals surface area contributed by atoms with Crippen molar-refractivity contribution >= 4 is 40.7 Å². The maximum absolute atomic E-state index is 12.6. The highest BCUT2D eigenvalue weighted by Crippen LogP contribution is 2.34. The van der Waals surface area contributed by atoms with Crippen LogP contribution in [0.4, 0.5) is 0 Å². The number of hydrogen-bond acceptors (Lipinski definition) is 4. The summed E-state index contributed by atoms with van der Waals surface area (Å²) in [5, 5.41) is 19.7. The molecule has 9 heteroatoms. The van der Waals surface area contributed by atoms with Gasteiger partial charge in [0.1, 0.15) is 18.3 Å². The summed E-state index contributed by atoms with van der Waals surface area (Å²) in [4.78, 5) is 16.5. The number of aromatic nitrogens is 3. The lowest BCUT2D eigenvalue weighted by Crippen LogP contribution is -2.51. The Hall–Kier alpha value is -2.12. The third-order valence-electron chi connectivity index (χ3n) is 4.44. The second kappa shape index (κ2) is 8.49. The van der Waals surface area contributed by atoms with Crippen LogP contribution in [0.25, 0.3) is 0 Å². The minimum Gasteiger partial charge on any atom is -0.381 e. The molecule has 2 aromatic carbocycles. The largest absolute Gasteiger partial charge is 0.381 e. The molecule has 0 saturated carbocycles. The van der Waals surface area contributed by atoms with Crippen molar-refractivity contribution < 1.29 is 9.90 Å². The number of benzene rings is 2. The van der Waals surface area contributed by atoms with Crippen LogP contribution in [0.1, 0.15) is 22.8 Å². The van der Waals surface area contributed by atoms with Crippen molar-refractivity contribution in [1.82, 2.24) is 20.1 Å². The van der Waals surface area contributed by atoms with Crippen LogP contribution in [0, 0.1) is 0 Å². The topological polar surface area (TPSA) is 80.0 Å². The first-order chi connectivity index (χ1) is 13.3. The number of rotatable bonds is 6. The fourth-order valence-electron chi connectivity index (χ4n) is 2.86. The Morgan fingerprint density at radius 3 is 2.46 bits per heavy atom. The second-order valence-electron chi connectivity index (χ2n) is 6.34. The van der Waals surface area contributed by atoms with Crippen LogP contribution in [0.5, 0.6) is 0 Å². The summed E-state index contributed by atoms with van der Waals surface area (Å²) in [6.45, 7) is 1.71. The minimum atomic E-state index is -1.57. The van der Waals surface area contributed by atoms with Gasteiger partial charge in [-0.25, -0.2) is 9.67 Å². The van der Waals surface area contributed by atoms with Gasteiger partial charge in [0.25, 0.3) is 5.91 Å². The van der Waals surface area contributed by atoms with Crippen LogP contribution in [-0.2, 0) is 12.1 Å². The summed E-state index contributed by atoms with van der Waals surface area (Å²) in [5.41, 5.74) is -0.739. The van der Waals surface area contributed by atoms with E-state index in [-0.39, 0.29) is 17.5 Å². The summed E-state index contributed by atoms with van der Waals surface area (Å²) in [7, 11) is 0. The highest BCUT2D eigenvalue weighted by Gasteiger charge is 2.39. The lowest BCUT2D eigenvalue weighted by Gasteiger charge is -2.35. The highest BCUT2D eigenvalue weighted by molar-refractivity contribution is 6.35. The Morgan fingerprint density at radius 1 is 1.18 bits per heavy atom. The van der Waals surface area contributed by atoms with Crippen molar-refractivity contribution in [3.05, 3.63) is 81.3 Å². The number of aliphatic hydroxyl groups is 1. The molecule has 0 bridgehead atoms. The highest BCUT2D eigenvalue weighted by atomic mass is 35.5. The van der Waals surface area contributed by atoms with Gasteiger partial charge >= 0.3 is 0 Å². The normalized spacial score (nSPS) is 14.3. The molecule has 0 radical (unpaired) electrons. The molecule has 28 heavy (non-hydrogen) atoms. The van der Waals surface area contributed by atoms with Gasteiger partial charge in [0, 0.05) is 26.2 Å². The Bertz CT molecular complexity index is 964. The first-order valence-electron chi connectivity index (χ1n) is 8.36. The lowest BCUT2D eigenvalue weighted by atomic mass is 9.86. The average molecular weight is 440 g/mol. The molecule has 3 rings (SSSR count). The number of nitrogens with one attached hydrogen (secondary N) is 1. The molecule has 0 aliphatic rings. The van der Waals surface area contributed by atoms with Gasteiger partial charge in [-0.05, 0) is 43.3 Å². The first kappa shape index (κ1) is 20.6. The van der Waals surface area contributed by atoms with Crippen molar-refractivity contribution in [2.75, 3.05) is 0 Å². The fraction of sp³-hybridized carbons (Fsp3) is 0.211. The lowest BCUT2D eigenvalue weighted by molar-refractivity contribution is -0.0155. The van der Waals surface area contributed by atoms with E-state index in [1.54, 1.807) is 49.4 Å². The molecule has 6 nitrogen and oxygen atoms in total. The van der Waals surface area contributed by atoms with Gasteiger partial charge in [-0.1, -0.05) is 40.9 Å². The molecule has 1 heterocycles. The van der Waals surface area contributed by atoms with Crippen LogP contribution in [0.15, 0.2) is 55.1 Å². The van der Waals surface area contributed by atoms with Gasteiger partial charge in [0.2, 0.25) is 0 Å². The Labute approximate surface area is 177 Å². The number of halogens is 3. The van der Waals surface area contributed by atoms with Crippen molar-refractivity contribution in [1.29, 1.82) is 0 Å². The molecule has 0 spiro atoms. The number of nitrogens with zero attached hydrogens (tertiary/aromatic N) is 3. The zero-order valence-corrected chi connectivity index (χ0v) is 17.1. The van der Waals surface area contributed by atoms with Crippen molar-refractivity contribution in [2.24, 2.45) is 0 Å². The van der Waals surface area contributed by atoms with E-state index < -0.39 is 11.6 Å². The molecule has 0 saturated heterocycles. The molecule has 0 aliphatic carbocycles. The van der Waals surface area contributed by atoms with Crippen LogP contribution in [-0.4, -0.2) is 31.8 Å². The van der Waals surface area contributed by atoms with Gasteiger partial charge in [0.15, 0.2) is 0 Å². The van der Waals surface area contributed by atoms with Gasteiger partial charge in [-0.3, -0.25) is 4.79 Å². The van der Waals surface area contributed by atoms with Gasteiger partial charge in [-0.2, -0.15) is 5.10 Å². The number of carbonyl (C=O) groups is 1. The van der Waals surface area contributed by atoms with E-state index >= 15 is 0 Å². The van der Waals surface area contributed by atoms with E-state index in [2.05, 4.69) is 15.4 Å². The number of carbonyl (C=O) groups excluding carboxylic acids is 1. The second-order valence-corrected chi connectivity index (χ2v) is 7.62. The van der Waals surface area contributed by atoms with Gasteiger partial charge in [-0.15, -0.1) is 0 Å². The van der Waals surface area contributed by atoms with E-state index in [1.165, 1.54) is 17.3 Å². The molecule has 146 valence electrons. The average Bonchev–Trinajstić information content (AvgIpc) is 3.14. The van der Waals surface area contributed by atoms with Crippen LogP contribution in [0.3, 0.4) is 0 Å². The molecule has 1 amide bonds. The molecule has 2 N–H and O–H groups in total. The molecular formula is C19H17Cl3N4O2. The molecule has 0 fully saturated rings. The van der Waals surface area contributed by atoms with E-state index in [9.17, 15) is 9.90 Å². The maximum atomic E-state index is 12.6. The molecule has 1 aromatic heterocycles. The summed E-state index contributed by atoms with van der Waals surface area (Å²) >= 11 is 18.2. The number of amides is 1. The van der Waals surface area contributed by atoms with Crippen LogP contribution < -0.4 is 5.32 Å². The monoisotopic (exact) mass is 438 g/mol. The maximum Gasteiger partial charge on any atom is 0.251 e. The van der Waals surface area contributed by atoms with Crippen molar-refractivity contribution in [3.63, 3.8) is 0 Å². The zero-order valence-electron chi connectivity index (χ0n) is 14.8. The standard InChI is InChI=1S/C19H17Cl3N4O2/c1-12(25-18(27)13-2-4-14(20)5-3-13)19(28,9-26-11-23-10-24-26)16-7-6-15(21)8-17(16)22/h2-8,10-12,28H,9H2,1H3,(H,25,27)/t12-,19+/m1/s1. The summed E-state index contributed by atoms with van der Waals surface area (Å²) in [6, 6.07) is 10.5. The molecular weight excluding hydrogens is 423 g/mol. The third-order valence-corrected chi connectivity index (χ3v) is 5.24. The van der Waals surface area contributed by atoms with Gasteiger partial charge < -0.3 is 10.4 Å². The van der Waals surface area contributed by atoms with Gasteiger partial charge in [0.05, 0.1) is 12.6 Å². The van der Waals surface area contributed by atoms with E-state index in [1.807, 2.05) is 0 Å². The van der Waals surface area contributed by atoms with E-state index in [4.69, 9.17) is 34.8 Å². The van der Waals surface area contributed by atoms with E-state index in [0.717, 1.165) is 0 Å². The Morgan fingerprint density at radius 2 is 1.86 bits per heavy atom. The van der Waals surface area contributed by atoms with Crippen molar-refractivity contribution in [3.8, 4) is 0 Å². The van der Waals surface area contributed by atoms with Crippen molar-refractivity contribution in [2.45, 2.75) is 25.1 Å². The predicted molar refractivity (Wildman–Crippen MR) is 109 cm³/mol. The predicted octanol–water partition coefficient (Wildman–Crippen LogP) is 3.94. The SMILES string of the molecule is C[C@@H](NC(=O)c1ccc(Cl)cc1)[C@@](O)(Cn1cncn1)c1ccc(Cl)cc1Cl. The summed E-state index contributed by atoms with van der Waals surface area (Å²) in [6.07, 6.45) is 2.84. The zero-order chi connectivity index (χ0) is 20.3. The molecule has 0 unspecified atom stereocenters. The molecule has 3 aromatic rings. The Kier molecular flexibility index (Phi) is 6.25. The molecule has 0 aliphatic heterocycles. The third kappa shape index (κ3) is 4.47.